The van der Waals surface area contributed by atoms with Crippen molar-refractivity contribution < 1.29 is 4.42 Å². The van der Waals surface area contributed by atoms with Crippen LogP contribution in [0, 0.1) is 0 Å². The number of rotatable bonds is 4. The predicted octanol–water partition coefficient (Wildman–Crippen LogP) is 16.0. The van der Waals surface area contributed by atoms with E-state index < -0.39 is 0 Å². The minimum absolute atomic E-state index is 0.909. The van der Waals surface area contributed by atoms with Crippen molar-refractivity contribution in [2.24, 2.45) is 0 Å². The molecule has 3 nitrogen and oxygen atoms in total. The van der Waals surface area contributed by atoms with Crippen LogP contribution in [0.15, 0.2) is 211 Å². The lowest BCUT2D eigenvalue weighted by molar-refractivity contribution is 0.670. The van der Waals surface area contributed by atoms with Gasteiger partial charge in [-0.1, -0.05) is 182 Å². The van der Waals surface area contributed by atoms with Crippen LogP contribution in [-0.4, -0.2) is 9.97 Å². The van der Waals surface area contributed by atoms with E-state index in [0.29, 0.717) is 0 Å². The van der Waals surface area contributed by atoms with Gasteiger partial charge in [-0.2, -0.15) is 0 Å². The van der Waals surface area contributed by atoms with Crippen molar-refractivity contribution in [3.8, 4) is 44.5 Å². The van der Waals surface area contributed by atoms with Crippen molar-refractivity contribution in [2.45, 2.75) is 0 Å². The van der Waals surface area contributed by atoms with Crippen LogP contribution in [0.1, 0.15) is 0 Å². The maximum atomic E-state index is 6.52. The first-order valence-corrected chi connectivity index (χ1v) is 20.8. The second-order valence-corrected chi connectivity index (χ2v) is 16.0. The lowest BCUT2D eigenvalue weighted by Gasteiger charge is -2.16. The molecule has 0 atom stereocenters. The van der Waals surface area contributed by atoms with Gasteiger partial charge < -0.3 is 4.42 Å². The van der Waals surface area contributed by atoms with Crippen LogP contribution in [0.5, 0.6) is 0 Å². The second kappa shape index (κ2) is 13.2. The Hall–Kier alpha value is -8.14. The predicted molar refractivity (Wildman–Crippen MR) is 256 cm³/mol. The Kier molecular flexibility index (Phi) is 7.31. The molecule has 13 rings (SSSR count). The molecule has 0 amide bonds. The molecule has 0 aliphatic carbocycles. The summed E-state index contributed by atoms with van der Waals surface area (Å²) in [5.74, 6) is 0. The molecule has 2 aromatic heterocycles. The first-order chi connectivity index (χ1) is 30.3. The third kappa shape index (κ3) is 5.04. The summed E-state index contributed by atoms with van der Waals surface area (Å²) in [4.78, 5) is 9.53. The quantitative estimate of drug-likeness (QED) is 0.167. The van der Waals surface area contributed by atoms with E-state index in [1.54, 1.807) is 12.4 Å². The van der Waals surface area contributed by atoms with E-state index in [-0.39, 0.29) is 0 Å². The molecule has 0 aliphatic rings. The summed E-state index contributed by atoms with van der Waals surface area (Å²) < 4.78 is 6.52. The van der Waals surface area contributed by atoms with Crippen molar-refractivity contribution in [2.75, 3.05) is 0 Å². The SMILES string of the molecule is c1ccc2c(c1)oc1c(-c3cccc4c(-c5cccc6c(-c7cccc8c(-c9ccc%10c(c9)c9ccccc9c9nccnc%109)cccc78)cccc56)cccc34)cccc12. The van der Waals surface area contributed by atoms with E-state index in [1.807, 2.05) is 6.07 Å². The molecule has 13 aromatic rings. The smallest absolute Gasteiger partial charge is 0.143 e. The molecule has 0 spiro atoms. The number of benzene rings is 11. The Labute approximate surface area is 350 Å². The molecule has 61 heavy (non-hydrogen) atoms. The third-order valence-electron chi connectivity index (χ3n) is 12.8. The van der Waals surface area contributed by atoms with E-state index in [2.05, 4.69) is 188 Å². The number of nitrogens with zero attached hydrogens (tertiary/aromatic N) is 2. The topological polar surface area (TPSA) is 38.9 Å². The normalized spacial score (nSPS) is 11.9. The van der Waals surface area contributed by atoms with E-state index in [0.717, 1.165) is 54.9 Å². The molecular weight excluding hydrogens is 741 g/mol. The Bertz CT molecular complexity index is 3920. The molecule has 11 aromatic carbocycles. The number of hydrogen-bond donors (Lipinski definition) is 0. The number of para-hydroxylation sites is 2. The van der Waals surface area contributed by atoms with Crippen LogP contribution in [-0.2, 0) is 0 Å². The summed E-state index contributed by atoms with van der Waals surface area (Å²) in [6, 6.07) is 70.5. The van der Waals surface area contributed by atoms with Crippen LogP contribution in [0.3, 0.4) is 0 Å². The highest BCUT2D eigenvalue weighted by Crippen LogP contribution is 2.44. The number of furan rings is 1. The minimum Gasteiger partial charge on any atom is -0.455 e. The second-order valence-electron chi connectivity index (χ2n) is 16.0. The molecule has 0 bridgehead atoms. The van der Waals surface area contributed by atoms with Crippen molar-refractivity contribution in [1.82, 2.24) is 9.97 Å². The van der Waals surface area contributed by atoms with Gasteiger partial charge in [0.2, 0.25) is 0 Å². The van der Waals surface area contributed by atoms with Crippen LogP contribution >= 0.6 is 0 Å². The molecule has 3 heteroatoms. The van der Waals surface area contributed by atoms with Gasteiger partial charge in [0, 0.05) is 39.5 Å². The van der Waals surface area contributed by atoms with Gasteiger partial charge in [0.1, 0.15) is 11.2 Å². The fourth-order valence-electron chi connectivity index (χ4n) is 10.1. The molecule has 0 N–H and O–H groups in total. The van der Waals surface area contributed by atoms with Crippen LogP contribution in [0.2, 0.25) is 0 Å². The van der Waals surface area contributed by atoms with Crippen molar-refractivity contribution in [3.05, 3.63) is 207 Å². The molecule has 2 heterocycles. The van der Waals surface area contributed by atoms with E-state index in [9.17, 15) is 0 Å². The fraction of sp³-hybridized carbons (Fsp3) is 0. The Morgan fingerprint density at radius 2 is 0.656 bits per heavy atom. The number of hydrogen-bond acceptors (Lipinski definition) is 3. The van der Waals surface area contributed by atoms with Gasteiger partial charge in [-0.25, -0.2) is 0 Å². The minimum atomic E-state index is 0.909. The standard InChI is InChI=1S/C58H34N2O/c1-2-14-50-48(12-1)54-34-35(30-31-51(54)57-56(50)59-32-33-60-57)36-15-5-17-38-37(36)16-6-18-39(38)40-19-7-21-42-41(40)20-8-22-43(42)44-23-9-25-46-45(44)24-10-26-47(46)52-27-11-28-53-49-13-3-4-29-55(49)61-58(52)53/h1-34H. The Morgan fingerprint density at radius 1 is 0.262 bits per heavy atom. The molecule has 0 saturated carbocycles. The lowest BCUT2D eigenvalue weighted by atomic mass is 9.87. The largest absolute Gasteiger partial charge is 0.455 e. The molecule has 282 valence electrons. The van der Waals surface area contributed by atoms with E-state index in [1.165, 1.54) is 76.5 Å². The summed E-state index contributed by atoms with van der Waals surface area (Å²) in [6.07, 6.45) is 3.57. The molecular formula is C58H34N2O. The van der Waals surface area contributed by atoms with E-state index in [4.69, 9.17) is 14.4 Å². The van der Waals surface area contributed by atoms with E-state index >= 15 is 0 Å². The highest BCUT2D eigenvalue weighted by Gasteiger charge is 2.18. The monoisotopic (exact) mass is 774 g/mol. The summed E-state index contributed by atoms with van der Waals surface area (Å²) in [7, 11) is 0. The molecule has 0 unspecified atom stereocenters. The van der Waals surface area contributed by atoms with Crippen LogP contribution < -0.4 is 0 Å². The zero-order chi connectivity index (χ0) is 40.0. The van der Waals surface area contributed by atoms with Crippen LogP contribution in [0.25, 0.3) is 131 Å². The fourth-order valence-corrected chi connectivity index (χ4v) is 10.1. The van der Waals surface area contributed by atoms with Gasteiger partial charge in [-0.15, -0.1) is 0 Å². The zero-order valence-electron chi connectivity index (χ0n) is 32.9. The summed E-state index contributed by atoms with van der Waals surface area (Å²) in [5, 5.41) is 14.2. The lowest BCUT2D eigenvalue weighted by Crippen LogP contribution is -1.90. The highest BCUT2D eigenvalue weighted by atomic mass is 16.3. The molecule has 0 fully saturated rings. The molecule has 0 saturated heterocycles. The Morgan fingerprint density at radius 3 is 1.21 bits per heavy atom. The average Bonchev–Trinajstić information content (AvgIpc) is 3.72. The maximum absolute atomic E-state index is 6.52. The van der Waals surface area contributed by atoms with Gasteiger partial charge in [0.15, 0.2) is 0 Å². The maximum Gasteiger partial charge on any atom is 0.143 e. The Balaban J connectivity index is 0.964. The molecule has 0 radical (unpaired) electrons. The summed E-state index contributed by atoms with van der Waals surface area (Å²) in [5.41, 5.74) is 13.2. The van der Waals surface area contributed by atoms with Gasteiger partial charge in [0.05, 0.1) is 11.0 Å². The molecule has 0 aliphatic heterocycles. The van der Waals surface area contributed by atoms with Crippen molar-refractivity contribution in [3.63, 3.8) is 0 Å². The van der Waals surface area contributed by atoms with Crippen molar-refractivity contribution in [1.29, 1.82) is 0 Å². The van der Waals surface area contributed by atoms with Crippen LogP contribution in [0.4, 0.5) is 0 Å². The van der Waals surface area contributed by atoms with Gasteiger partial charge in [-0.3, -0.25) is 9.97 Å². The third-order valence-corrected chi connectivity index (χ3v) is 12.8. The average molecular weight is 775 g/mol. The summed E-state index contributed by atoms with van der Waals surface area (Å²) in [6.45, 7) is 0. The summed E-state index contributed by atoms with van der Waals surface area (Å²) >= 11 is 0. The van der Waals surface area contributed by atoms with Gasteiger partial charge in [0.25, 0.3) is 0 Å². The zero-order valence-corrected chi connectivity index (χ0v) is 32.9. The first kappa shape index (κ1) is 33.8. The number of fused-ring (bicyclic) bond motifs is 12. The van der Waals surface area contributed by atoms with Gasteiger partial charge in [-0.05, 0) is 94.2 Å². The number of aromatic nitrogens is 2. The highest BCUT2D eigenvalue weighted by molar-refractivity contribution is 6.24. The van der Waals surface area contributed by atoms with Gasteiger partial charge >= 0.3 is 0 Å². The van der Waals surface area contributed by atoms with Crippen molar-refractivity contribution >= 4 is 86.8 Å². The first-order valence-electron chi connectivity index (χ1n) is 20.8.